The number of nitrogens with zero attached hydrogens (tertiary/aromatic N) is 2. The Hall–Kier alpha value is -2.96. The highest BCUT2D eigenvalue weighted by Crippen LogP contribution is 2.16. The molecule has 3 N–H and O–H groups in total. The summed E-state index contributed by atoms with van der Waals surface area (Å²) in [6.45, 7) is 7.48. The van der Waals surface area contributed by atoms with Gasteiger partial charge in [-0.2, -0.15) is 0 Å². The topological polar surface area (TPSA) is 104 Å². The predicted octanol–water partition coefficient (Wildman–Crippen LogP) is 3.07. The van der Waals surface area contributed by atoms with Gasteiger partial charge in [-0.15, -0.1) is 0 Å². The molecule has 0 spiro atoms. The summed E-state index contributed by atoms with van der Waals surface area (Å²) < 4.78 is 0. The zero-order valence-corrected chi connectivity index (χ0v) is 15.4. The number of amides is 1. The van der Waals surface area contributed by atoms with Gasteiger partial charge in [0.2, 0.25) is 5.95 Å². The average Bonchev–Trinajstić information content (AvgIpc) is 2.58. The van der Waals surface area contributed by atoms with Crippen LogP contribution in [0.2, 0.25) is 0 Å². The second kappa shape index (κ2) is 8.42. The number of aliphatic carboxylic acids is 1. The van der Waals surface area contributed by atoms with Gasteiger partial charge in [-0.05, 0) is 50.1 Å². The standard InChI is InChI=1S/C19H24N4O3/c1-5-11(2)16(18(25)26)23-17(24)14-6-8-15(9-7-14)22-19-20-12(3)10-13(4)21-19/h6-11,16H,5H2,1-4H3,(H,23,24)(H,25,26)(H,20,21,22). The summed E-state index contributed by atoms with van der Waals surface area (Å²) in [5.74, 6) is -1.11. The van der Waals surface area contributed by atoms with Crippen LogP contribution in [0.5, 0.6) is 0 Å². The fourth-order valence-corrected chi connectivity index (χ4v) is 2.52. The third-order valence-electron chi connectivity index (χ3n) is 4.15. The smallest absolute Gasteiger partial charge is 0.326 e. The normalized spacial score (nSPS) is 12.9. The highest BCUT2D eigenvalue weighted by molar-refractivity contribution is 5.97. The summed E-state index contributed by atoms with van der Waals surface area (Å²) in [7, 11) is 0. The number of anilines is 2. The summed E-state index contributed by atoms with van der Waals surface area (Å²) in [6, 6.07) is 7.71. The van der Waals surface area contributed by atoms with Crippen molar-refractivity contribution in [3.8, 4) is 0 Å². The molecule has 0 aliphatic heterocycles. The van der Waals surface area contributed by atoms with Crippen molar-refractivity contribution in [2.75, 3.05) is 5.32 Å². The molecule has 1 amide bonds. The first-order valence-electron chi connectivity index (χ1n) is 8.53. The van der Waals surface area contributed by atoms with Crippen LogP contribution in [-0.4, -0.2) is 33.0 Å². The molecule has 0 saturated heterocycles. The first kappa shape index (κ1) is 19.4. The lowest BCUT2D eigenvalue weighted by Crippen LogP contribution is -2.45. The van der Waals surface area contributed by atoms with Gasteiger partial charge < -0.3 is 15.7 Å². The molecule has 2 unspecified atom stereocenters. The Kier molecular flexibility index (Phi) is 6.27. The Balaban J connectivity index is 2.08. The molecule has 2 atom stereocenters. The van der Waals surface area contributed by atoms with Crippen LogP contribution in [0.4, 0.5) is 11.6 Å². The number of benzene rings is 1. The molecule has 26 heavy (non-hydrogen) atoms. The van der Waals surface area contributed by atoms with Crippen molar-refractivity contribution in [1.82, 2.24) is 15.3 Å². The van der Waals surface area contributed by atoms with Crippen molar-refractivity contribution in [3.05, 3.63) is 47.3 Å². The van der Waals surface area contributed by atoms with Crippen molar-refractivity contribution < 1.29 is 14.7 Å². The zero-order valence-electron chi connectivity index (χ0n) is 15.4. The summed E-state index contributed by atoms with van der Waals surface area (Å²) in [4.78, 5) is 32.3. The van der Waals surface area contributed by atoms with Gasteiger partial charge in [0.1, 0.15) is 6.04 Å². The first-order valence-corrected chi connectivity index (χ1v) is 8.53. The summed E-state index contributed by atoms with van der Waals surface area (Å²) in [5.41, 5.74) is 2.86. The van der Waals surface area contributed by atoms with E-state index in [1.165, 1.54) is 0 Å². The van der Waals surface area contributed by atoms with Crippen molar-refractivity contribution in [2.24, 2.45) is 5.92 Å². The van der Waals surface area contributed by atoms with Gasteiger partial charge in [-0.3, -0.25) is 4.79 Å². The van der Waals surface area contributed by atoms with E-state index in [1.54, 1.807) is 31.2 Å². The van der Waals surface area contributed by atoms with Gasteiger partial charge in [0.05, 0.1) is 0 Å². The van der Waals surface area contributed by atoms with E-state index in [4.69, 9.17) is 0 Å². The number of carboxylic acids is 1. The minimum atomic E-state index is -1.03. The van der Waals surface area contributed by atoms with Crippen LogP contribution in [0, 0.1) is 19.8 Å². The molecule has 2 aromatic rings. The maximum Gasteiger partial charge on any atom is 0.326 e. The predicted molar refractivity (Wildman–Crippen MR) is 99.6 cm³/mol. The molecule has 7 nitrogen and oxygen atoms in total. The number of carboxylic acid groups (broad SMARTS) is 1. The second-order valence-electron chi connectivity index (χ2n) is 6.35. The maximum absolute atomic E-state index is 12.3. The van der Waals surface area contributed by atoms with E-state index in [-0.39, 0.29) is 5.92 Å². The Morgan fingerprint density at radius 1 is 1.12 bits per heavy atom. The van der Waals surface area contributed by atoms with Crippen molar-refractivity contribution in [2.45, 2.75) is 40.2 Å². The molecule has 1 aromatic carbocycles. The second-order valence-corrected chi connectivity index (χ2v) is 6.35. The quantitative estimate of drug-likeness (QED) is 0.704. The van der Waals surface area contributed by atoms with Gasteiger partial charge in [-0.25, -0.2) is 14.8 Å². The zero-order chi connectivity index (χ0) is 19.3. The third-order valence-corrected chi connectivity index (χ3v) is 4.15. The maximum atomic E-state index is 12.3. The number of aryl methyl sites for hydroxylation is 2. The van der Waals surface area contributed by atoms with Crippen LogP contribution >= 0.6 is 0 Å². The van der Waals surface area contributed by atoms with Gasteiger partial charge in [-0.1, -0.05) is 20.3 Å². The summed E-state index contributed by atoms with van der Waals surface area (Å²) in [6.07, 6.45) is 0.663. The fraction of sp³-hybridized carbons (Fsp3) is 0.368. The van der Waals surface area contributed by atoms with Crippen LogP contribution in [0.1, 0.15) is 42.0 Å². The minimum absolute atomic E-state index is 0.154. The molecule has 7 heteroatoms. The van der Waals surface area contributed by atoms with E-state index in [2.05, 4.69) is 20.6 Å². The Bertz CT molecular complexity index is 770. The lowest BCUT2D eigenvalue weighted by molar-refractivity contribution is -0.140. The molecule has 2 rings (SSSR count). The minimum Gasteiger partial charge on any atom is -0.480 e. The van der Waals surface area contributed by atoms with E-state index >= 15 is 0 Å². The number of hydrogen-bond donors (Lipinski definition) is 3. The Morgan fingerprint density at radius 3 is 2.19 bits per heavy atom. The Labute approximate surface area is 152 Å². The monoisotopic (exact) mass is 356 g/mol. The molecule has 1 aromatic heterocycles. The molecule has 0 fully saturated rings. The lowest BCUT2D eigenvalue weighted by atomic mass is 9.99. The fourth-order valence-electron chi connectivity index (χ4n) is 2.52. The number of carbonyl (C=O) groups is 2. The van der Waals surface area contributed by atoms with E-state index in [0.29, 0.717) is 17.9 Å². The number of aromatic nitrogens is 2. The molecule has 0 saturated carbocycles. The lowest BCUT2D eigenvalue weighted by Gasteiger charge is -2.20. The molecule has 0 radical (unpaired) electrons. The summed E-state index contributed by atoms with van der Waals surface area (Å²) >= 11 is 0. The SMILES string of the molecule is CCC(C)C(NC(=O)c1ccc(Nc2nc(C)cc(C)n2)cc1)C(=O)O. The van der Waals surface area contributed by atoms with E-state index in [1.807, 2.05) is 26.8 Å². The largest absolute Gasteiger partial charge is 0.480 e. The molecule has 138 valence electrons. The first-order chi connectivity index (χ1) is 12.3. The van der Waals surface area contributed by atoms with Crippen LogP contribution < -0.4 is 10.6 Å². The highest BCUT2D eigenvalue weighted by atomic mass is 16.4. The van der Waals surface area contributed by atoms with Crippen LogP contribution in [-0.2, 0) is 4.79 Å². The van der Waals surface area contributed by atoms with E-state index < -0.39 is 17.9 Å². The summed E-state index contributed by atoms with van der Waals surface area (Å²) in [5, 5.41) is 15.0. The van der Waals surface area contributed by atoms with Crippen molar-refractivity contribution in [3.63, 3.8) is 0 Å². The molecule has 0 aliphatic rings. The molecular formula is C19H24N4O3. The van der Waals surface area contributed by atoms with Crippen molar-refractivity contribution >= 4 is 23.5 Å². The number of carbonyl (C=O) groups excluding carboxylic acids is 1. The molecule has 1 heterocycles. The molecular weight excluding hydrogens is 332 g/mol. The number of hydrogen-bond acceptors (Lipinski definition) is 5. The number of rotatable bonds is 7. The van der Waals surface area contributed by atoms with Gasteiger partial charge >= 0.3 is 5.97 Å². The van der Waals surface area contributed by atoms with E-state index in [0.717, 1.165) is 17.1 Å². The Morgan fingerprint density at radius 2 is 1.69 bits per heavy atom. The molecule has 0 bridgehead atoms. The number of nitrogens with one attached hydrogen (secondary N) is 2. The van der Waals surface area contributed by atoms with Gasteiger partial charge in [0, 0.05) is 22.6 Å². The van der Waals surface area contributed by atoms with Crippen molar-refractivity contribution in [1.29, 1.82) is 0 Å². The van der Waals surface area contributed by atoms with Crippen LogP contribution in [0.25, 0.3) is 0 Å². The van der Waals surface area contributed by atoms with Crippen LogP contribution in [0.3, 0.4) is 0 Å². The van der Waals surface area contributed by atoms with Gasteiger partial charge in [0.15, 0.2) is 0 Å². The van der Waals surface area contributed by atoms with Gasteiger partial charge in [0.25, 0.3) is 5.91 Å². The average molecular weight is 356 g/mol. The van der Waals surface area contributed by atoms with Crippen LogP contribution in [0.15, 0.2) is 30.3 Å². The van der Waals surface area contributed by atoms with E-state index in [9.17, 15) is 14.7 Å². The third kappa shape index (κ3) is 5.02. The highest BCUT2D eigenvalue weighted by Gasteiger charge is 2.25. The molecule has 0 aliphatic carbocycles.